The average molecular weight is 390 g/mol. The molecule has 0 saturated heterocycles. The van der Waals surface area contributed by atoms with Gasteiger partial charge in [0, 0.05) is 19.2 Å². The summed E-state index contributed by atoms with van der Waals surface area (Å²) in [6.07, 6.45) is -6.21. The third-order valence-electron chi connectivity index (χ3n) is 3.85. The zero-order valence-electron chi connectivity index (χ0n) is 15.8. The van der Waals surface area contributed by atoms with Gasteiger partial charge in [0.2, 0.25) is 5.91 Å². The number of ether oxygens (including phenoxy) is 1. The van der Waals surface area contributed by atoms with Gasteiger partial charge in [0.1, 0.15) is 0 Å². The minimum atomic E-state index is -4.57. The lowest BCUT2D eigenvalue weighted by Gasteiger charge is -2.39. The molecule has 2 N–H and O–H groups in total. The molecule has 0 heterocycles. The van der Waals surface area contributed by atoms with Gasteiger partial charge < -0.3 is 15.2 Å². The lowest BCUT2D eigenvalue weighted by atomic mass is 9.94. The highest BCUT2D eigenvalue weighted by Crippen LogP contribution is 2.35. The minimum absolute atomic E-state index is 0.101. The summed E-state index contributed by atoms with van der Waals surface area (Å²) in [5.74, 6) is -0.482. The normalized spacial score (nSPS) is 13.1. The molecule has 2 amide bonds. The van der Waals surface area contributed by atoms with E-state index in [-0.39, 0.29) is 25.1 Å². The van der Waals surface area contributed by atoms with E-state index >= 15 is 0 Å². The summed E-state index contributed by atoms with van der Waals surface area (Å²) in [4.78, 5) is 25.1. The maximum atomic E-state index is 13.1. The molecule has 0 spiro atoms. The Hall–Kier alpha value is -2.29. The minimum Gasteiger partial charge on any atom is -0.465 e. The molecule has 1 aromatic rings. The van der Waals surface area contributed by atoms with E-state index in [0.717, 1.165) is 17.0 Å². The number of benzene rings is 1. The van der Waals surface area contributed by atoms with Crippen LogP contribution >= 0.6 is 0 Å². The van der Waals surface area contributed by atoms with Gasteiger partial charge in [-0.25, -0.2) is 4.79 Å². The van der Waals surface area contributed by atoms with Crippen LogP contribution in [0.3, 0.4) is 0 Å². The van der Waals surface area contributed by atoms with Crippen LogP contribution in [0.25, 0.3) is 0 Å². The second kappa shape index (κ2) is 9.07. The summed E-state index contributed by atoms with van der Waals surface area (Å²) in [5, 5.41) is 12.2. The first-order valence-electron chi connectivity index (χ1n) is 8.33. The Kier molecular flexibility index (Phi) is 7.65. The number of hydrogen-bond acceptors (Lipinski definition) is 3. The number of halogens is 3. The molecule has 0 unspecified atom stereocenters. The van der Waals surface area contributed by atoms with E-state index in [1.54, 1.807) is 20.8 Å². The quantitative estimate of drug-likeness (QED) is 0.696. The van der Waals surface area contributed by atoms with Crippen LogP contribution in [0.1, 0.15) is 44.4 Å². The van der Waals surface area contributed by atoms with E-state index in [2.05, 4.69) is 5.32 Å². The van der Waals surface area contributed by atoms with E-state index < -0.39 is 35.3 Å². The van der Waals surface area contributed by atoms with E-state index in [0.29, 0.717) is 0 Å². The molecule has 0 aliphatic carbocycles. The molecule has 0 aromatic heterocycles. The molecule has 6 nitrogen and oxygen atoms in total. The van der Waals surface area contributed by atoms with Gasteiger partial charge in [-0.2, -0.15) is 13.2 Å². The summed E-state index contributed by atoms with van der Waals surface area (Å²) >= 11 is 0. The van der Waals surface area contributed by atoms with Crippen LogP contribution in [-0.4, -0.2) is 47.8 Å². The monoisotopic (exact) mass is 390 g/mol. The van der Waals surface area contributed by atoms with Crippen LogP contribution in [0.5, 0.6) is 0 Å². The fraction of sp³-hybridized carbons (Fsp3) is 0.556. The number of carboxylic acid groups (broad SMARTS) is 1. The Labute approximate surface area is 156 Å². The van der Waals surface area contributed by atoms with E-state index in [1.165, 1.54) is 19.2 Å². The summed E-state index contributed by atoms with van der Waals surface area (Å²) in [6, 6.07) is 3.31. The molecular formula is C18H25F3N2O4. The predicted molar refractivity (Wildman–Crippen MR) is 93.3 cm³/mol. The zero-order valence-corrected chi connectivity index (χ0v) is 15.8. The molecule has 0 bridgehead atoms. The molecule has 0 saturated carbocycles. The lowest BCUT2D eigenvalue weighted by molar-refractivity contribution is -0.137. The third kappa shape index (κ3) is 6.74. The summed E-state index contributed by atoms with van der Waals surface area (Å²) in [7, 11) is 1.46. The standard InChI is InChI=1S/C18H25F3N2O4/c1-17(2,3)23(16(25)26)14(11-15(24)22-8-9-27-4)12-6-5-7-13(10-12)18(19,20)21/h5-7,10,14H,8-9,11H2,1-4H3,(H,22,24)(H,25,26)/t14-/m0/s1. The Morgan fingerprint density at radius 3 is 2.37 bits per heavy atom. The van der Waals surface area contributed by atoms with Crippen molar-refractivity contribution in [3.05, 3.63) is 35.4 Å². The molecule has 9 heteroatoms. The number of methoxy groups -OCH3 is 1. The third-order valence-corrected chi connectivity index (χ3v) is 3.85. The van der Waals surface area contributed by atoms with Crippen molar-refractivity contribution in [2.24, 2.45) is 0 Å². The maximum Gasteiger partial charge on any atom is 0.416 e. The number of carbonyl (C=O) groups excluding carboxylic acids is 1. The topological polar surface area (TPSA) is 78.9 Å². The molecule has 27 heavy (non-hydrogen) atoms. The van der Waals surface area contributed by atoms with Crippen LogP contribution < -0.4 is 5.32 Å². The Balaban J connectivity index is 3.29. The maximum absolute atomic E-state index is 13.1. The number of hydrogen-bond donors (Lipinski definition) is 2. The molecular weight excluding hydrogens is 365 g/mol. The van der Waals surface area contributed by atoms with Crippen molar-refractivity contribution in [1.82, 2.24) is 10.2 Å². The van der Waals surface area contributed by atoms with Crippen molar-refractivity contribution in [3.8, 4) is 0 Å². The molecule has 0 aliphatic heterocycles. The Morgan fingerprint density at radius 2 is 1.89 bits per heavy atom. The lowest BCUT2D eigenvalue weighted by Crippen LogP contribution is -2.48. The van der Waals surface area contributed by atoms with Gasteiger partial charge in [-0.05, 0) is 38.5 Å². The van der Waals surface area contributed by atoms with Crippen LogP contribution in [-0.2, 0) is 15.7 Å². The molecule has 1 rings (SSSR count). The Bertz CT molecular complexity index is 657. The number of amides is 2. The van der Waals surface area contributed by atoms with Gasteiger partial charge in [0.25, 0.3) is 0 Å². The second-order valence-electron chi connectivity index (χ2n) is 7.01. The van der Waals surface area contributed by atoms with Crippen molar-refractivity contribution in [1.29, 1.82) is 0 Å². The SMILES string of the molecule is COCCNC(=O)C[C@@H](c1cccc(C(F)(F)F)c1)N(C(=O)O)C(C)(C)C. The molecule has 1 aromatic carbocycles. The fourth-order valence-corrected chi connectivity index (χ4v) is 2.71. The number of nitrogens with zero attached hydrogens (tertiary/aromatic N) is 1. The smallest absolute Gasteiger partial charge is 0.416 e. The highest BCUT2D eigenvalue weighted by atomic mass is 19.4. The average Bonchev–Trinajstić information content (AvgIpc) is 2.52. The summed E-state index contributed by atoms with van der Waals surface area (Å²) in [6.45, 7) is 5.33. The van der Waals surface area contributed by atoms with Crippen LogP contribution in [0, 0.1) is 0 Å². The first-order chi connectivity index (χ1) is 12.4. The highest BCUT2D eigenvalue weighted by Gasteiger charge is 2.37. The molecule has 0 aliphatic rings. The summed E-state index contributed by atoms with van der Waals surface area (Å²) < 4.78 is 44.0. The first-order valence-corrected chi connectivity index (χ1v) is 8.33. The van der Waals surface area contributed by atoms with E-state index in [1.807, 2.05) is 0 Å². The van der Waals surface area contributed by atoms with Crippen LogP contribution in [0.15, 0.2) is 24.3 Å². The van der Waals surface area contributed by atoms with Crippen molar-refractivity contribution in [3.63, 3.8) is 0 Å². The van der Waals surface area contributed by atoms with Crippen LogP contribution in [0.4, 0.5) is 18.0 Å². The zero-order chi connectivity index (χ0) is 20.8. The van der Waals surface area contributed by atoms with E-state index in [4.69, 9.17) is 4.74 Å². The highest BCUT2D eigenvalue weighted by molar-refractivity contribution is 5.78. The number of alkyl halides is 3. The fourth-order valence-electron chi connectivity index (χ4n) is 2.71. The molecule has 0 fully saturated rings. The second-order valence-corrected chi connectivity index (χ2v) is 7.01. The number of rotatable bonds is 7. The van der Waals surface area contributed by atoms with E-state index in [9.17, 15) is 27.9 Å². The summed E-state index contributed by atoms with van der Waals surface area (Å²) in [5.41, 5.74) is -1.73. The van der Waals surface area contributed by atoms with Gasteiger partial charge in [-0.15, -0.1) is 0 Å². The van der Waals surface area contributed by atoms with Crippen molar-refractivity contribution >= 4 is 12.0 Å². The number of nitrogens with one attached hydrogen (secondary N) is 1. The number of carbonyl (C=O) groups is 2. The van der Waals surface area contributed by atoms with Gasteiger partial charge in [-0.3, -0.25) is 9.69 Å². The van der Waals surface area contributed by atoms with Gasteiger partial charge >= 0.3 is 12.3 Å². The van der Waals surface area contributed by atoms with Gasteiger partial charge in [0.15, 0.2) is 0 Å². The predicted octanol–water partition coefficient (Wildman–Crippen LogP) is 3.68. The van der Waals surface area contributed by atoms with Gasteiger partial charge in [0.05, 0.1) is 24.6 Å². The van der Waals surface area contributed by atoms with Crippen LogP contribution in [0.2, 0.25) is 0 Å². The molecule has 1 atom stereocenters. The molecule has 152 valence electrons. The van der Waals surface area contributed by atoms with Crippen molar-refractivity contribution in [2.45, 2.75) is 44.9 Å². The Morgan fingerprint density at radius 1 is 1.26 bits per heavy atom. The van der Waals surface area contributed by atoms with Crippen molar-refractivity contribution < 1.29 is 32.6 Å². The molecule has 0 radical (unpaired) electrons. The largest absolute Gasteiger partial charge is 0.465 e. The first kappa shape index (κ1) is 22.8. The van der Waals surface area contributed by atoms with Crippen molar-refractivity contribution in [2.75, 3.05) is 20.3 Å². The van der Waals surface area contributed by atoms with Gasteiger partial charge in [-0.1, -0.05) is 12.1 Å².